The van der Waals surface area contributed by atoms with Crippen molar-refractivity contribution in [2.45, 2.75) is 414 Å². The molecule has 0 radical (unpaired) electrons. The van der Waals surface area contributed by atoms with Crippen LogP contribution in [0.3, 0.4) is 0 Å². The molecule has 97 heavy (non-hydrogen) atoms. The van der Waals surface area contributed by atoms with Gasteiger partial charge >= 0.3 is 39.5 Å². The minimum Gasteiger partial charge on any atom is -0.462 e. The van der Waals surface area contributed by atoms with E-state index in [0.29, 0.717) is 31.6 Å². The number of carbonyl (C=O) groups excluding carboxylic acids is 4. The number of aliphatic hydroxyl groups excluding tert-OH is 1. The van der Waals surface area contributed by atoms with E-state index in [4.69, 9.17) is 37.0 Å². The molecule has 5 atom stereocenters. The molecular formula is C78H152O17P2. The summed E-state index contributed by atoms with van der Waals surface area (Å²) < 4.78 is 68.6. The van der Waals surface area contributed by atoms with Crippen LogP contribution in [0.2, 0.25) is 0 Å². The Hall–Kier alpha value is -1.94. The lowest BCUT2D eigenvalue weighted by Crippen LogP contribution is -2.30. The van der Waals surface area contributed by atoms with Crippen molar-refractivity contribution >= 4 is 39.5 Å². The van der Waals surface area contributed by atoms with Gasteiger partial charge in [-0.2, -0.15) is 0 Å². The predicted molar refractivity (Wildman–Crippen MR) is 395 cm³/mol. The van der Waals surface area contributed by atoms with Crippen molar-refractivity contribution < 1.29 is 80.2 Å². The molecule has 0 aromatic carbocycles. The molecule has 576 valence electrons. The van der Waals surface area contributed by atoms with E-state index in [9.17, 15) is 43.2 Å². The number of carbonyl (C=O) groups is 4. The van der Waals surface area contributed by atoms with E-state index in [-0.39, 0.29) is 25.7 Å². The number of phosphoric ester groups is 2. The van der Waals surface area contributed by atoms with E-state index in [1.54, 1.807) is 0 Å². The highest BCUT2D eigenvalue weighted by molar-refractivity contribution is 7.47. The van der Waals surface area contributed by atoms with Gasteiger partial charge in [-0.15, -0.1) is 0 Å². The molecule has 0 rings (SSSR count). The van der Waals surface area contributed by atoms with Crippen molar-refractivity contribution in [2.24, 2.45) is 23.7 Å². The minimum atomic E-state index is -4.96. The van der Waals surface area contributed by atoms with Crippen LogP contribution < -0.4 is 0 Å². The van der Waals surface area contributed by atoms with Gasteiger partial charge in [0, 0.05) is 25.7 Å². The fourth-order valence-electron chi connectivity index (χ4n) is 11.9. The first-order chi connectivity index (χ1) is 46.6. The lowest BCUT2D eigenvalue weighted by Gasteiger charge is -2.21. The van der Waals surface area contributed by atoms with Crippen LogP contribution in [-0.4, -0.2) is 96.7 Å². The van der Waals surface area contributed by atoms with Crippen LogP contribution in [-0.2, 0) is 65.4 Å². The summed E-state index contributed by atoms with van der Waals surface area (Å²) in [7, 11) is -9.92. The molecule has 19 heteroatoms. The van der Waals surface area contributed by atoms with Crippen molar-refractivity contribution in [2.75, 3.05) is 39.6 Å². The molecule has 0 heterocycles. The van der Waals surface area contributed by atoms with E-state index < -0.39 is 97.5 Å². The highest BCUT2D eigenvalue weighted by Gasteiger charge is 2.30. The molecule has 0 aromatic rings. The molecule has 0 bridgehead atoms. The summed E-state index contributed by atoms with van der Waals surface area (Å²) in [6, 6.07) is 0. The van der Waals surface area contributed by atoms with Gasteiger partial charge in [0.2, 0.25) is 0 Å². The molecule has 0 saturated heterocycles. The Bertz CT molecular complexity index is 1900. The molecule has 0 saturated carbocycles. The third-order valence-electron chi connectivity index (χ3n) is 18.1. The Labute approximate surface area is 594 Å². The van der Waals surface area contributed by atoms with Gasteiger partial charge < -0.3 is 33.8 Å². The first-order valence-corrected chi connectivity index (χ1v) is 43.2. The number of ether oxygens (including phenoxy) is 4. The molecular weight excluding hydrogens is 1270 g/mol. The second-order valence-electron chi connectivity index (χ2n) is 30.0. The molecule has 3 N–H and O–H groups in total. The number of rotatable bonds is 75. The van der Waals surface area contributed by atoms with E-state index in [0.717, 1.165) is 114 Å². The summed E-state index contributed by atoms with van der Waals surface area (Å²) in [4.78, 5) is 72.9. The maximum absolute atomic E-state index is 13.1. The molecule has 0 aromatic heterocycles. The molecule has 3 unspecified atom stereocenters. The lowest BCUT2D eigenvalue weighted by atomic mass is 10.0. The third-order valence-corrected chi connectivity index (χ3v) is 20.0. The number of phosphoric acid groups is 2. The molecule has 17 nitrogen and oxygen atoms in total. The van der Waals surface area contributed by atoms with Crippen LogP contribution in [0.4, 0.5) is 0 Å². The van der Waals surface area contributed by atoms with E-state index in [1.165, 1.54) is 193 Å². The second-order valence-corrected chi connectivity index (χ2v) is 32.9. The smallest absolute Gasteiger partial charge is 0.462 e. The van der Waals surface area contributed by atoms with Gasteiger partial charge in [-0.3, -0.25) is 37.3 Å². The fraction of sp³-hybridized carbons (Fsp3) is 0.949. The first-order valence-electron chi connectivity index (χ1n) is 40.2. The van der Waals surface area contributed by atoms with Crippen molar-refractivity contribution in [1.82, 2.24) is 0 Å². The largest absolute Gasteiger partial charge is 0.472 e. The van der Waals surface area contributed by atoms with Crippen molar-refractivity contribution in [3.63, 3.8) is 0 Å². The lowest BCUT2D eigenvalue weighted by molar-refractivity contribution is -0.161. The monoisotopic (exact) mass is 1420 g/mol. The fourth-order valence-corrected chi connectivity index (χ4v) is 13.5. The normalized spacial score (nSPS) is 14.1. The topological polar surface area (TPSA) is 237 Å². The number of aliphatic hydroxyl groups is 1. The Morgan fingerprint density at radius 2 is 0.433 bits per heavy atom. The summed E-state index contributed by atoms with van der Waals surface area (Å²) >= 11 is 0. The molecule has 0 aliphatic carbocycles. The first kappa shape index (κ1) is 95.1. The van der Waals surface area contributed by atoms with Crippen LogP contribution in [0.1, 0.15) is 396 Å². The van der Waals surface area contributed by atoms with Crippen LogP contribution in [0.25, 0.3) is 0 Å². The zero-order chi connectivity index (χ0) is 71.7. The van der Waals surface area contributed by atoms with Crippen LogP contribution >= 0.6 is 15.6 Å². The van der Waals surface area contributed by atoms with Gasteiger partial charge in [0.25, 0.3) is 0 Å². The zero-order valence-electron chi connectivity index (χ0n) is 63.7. The number of hydrogen-bond donors (Lipinski definition) is 3. The zero-order valence-corrected chi connectivity index (χ0v) is 65.5. The summed E-state index contributed by atoms with van der Waals surface area (Å²) in [6.45, 7) is 14.2. The van der Waals surface area contributed by atoms with Gasteiger partial charge in [0.05, 0.1) is 26.4 Å². The van der Waals surface area contributed by atoms with Gasteiger partial charge in [0.15, 0.2) is 12.2 Å². The summed E-state index contributed by atoms with van der Waals surface area (Å²) in [5.74, 6) is 0.929. The van der Waals surface area contributed by atoms with E-state index in [2.05, 4.69) is 55.4 Å². The molecule has 0 aliphatic heterocycles. The Kier molecular flexibility index (Phi) is 65.9. The third kappa shape index (κ3) is 72.2. The second kappa shape index (κ2) is 67.2. The Balaban J connectivity index is 5.24. The van der Waals surface area contributed by atoms with Crippen molar-refractivity contribution in [1.29, 1.82) is 0 Å². The van der Waals surface area contributed by atoms with Crippen LogP contribution in [0.5, 0.6) is 0 Å². The number of hydrogen-bond acceptors (Lipinski definition) is 15. The van der Waals surface area contributed by atoms with Crippen LogP contribution in [0.15, 0.2) is 0 Å². The van der Waals surface area contributed by atoms with Crippen molar-refractivity contribution in [3.05, 3.63) is 0 Å². The maximum Gasteiger partial charge on any atom is 0.472 e. The van der Waals surface area contributed by atoms with Gasteiger partial charge in [0.1, 0.15) is 19.3 Å². The number of unbranched alkanes of at least 4 members (excludes halogenated alkanes) is 41. The minimum absolute atomic E-state index is 0.105. The average molecular weight is 1420 g/mol. The standard InChI is InChI=1S/C78H152O17P2/c1-68(2)54-46-38-30-23-17-13-11-9-10-12-14-20-27-35-44-52-60-77(82)94-73(64-88-75(80)58-50-42-34-26-19-16-15-18-24-31-39-47-55-69(3)4)66-92-96(84,85)90-62-72(79)63-91-97(86,87)93-67-74(65-89-76(81)59-51-43-37-29-33-41-49-57-71(7)8)95-78(83)61-53-45-36-28-22-21-25-32-40-48-56-70(5)6/h68-74,79H,9-67H2,1-8H3,(H,84,85)(H,86,87)/t72?,73-,74-/m1/s1. The molecule has 0 spiro atoms. The molecule has 0 fully saturated rings. The Morgan fingerprint density at radius 3 is 0.639 bits per heavy atom. The van der Waals surface area contributed by atoms with E-state index in [1.807, 2.05) is 0 Å². The molecule has 0 amide bonds. The Morgan fingerprint density at radius 1 is 0.258 bits per heavy atom. The van der Waals surface area contributed by atoms with Gasteiger partial charge in [-0.25, -0.2) is 9.13 Å². The summed E-state index contributed by atoms with van der Waals surface area (Å²) in [5, 5.41) is 10.6. The quantitative estimate of drug-likeness (QED) is 0.0222. The molecule has 0 aliphatic rings. The summed E-state index contributed by atoms with van der Waals surface area (Å²) in [5.41, 5.74) is 0. The van der Waals surface area contributed by atoms with Crippen LogP contribution in [0, 0.1) is 23.7 Å². The highest BCUT2D eigenvalue weighted by atomic mass is 31.2. The summed E-state index contributed by atoms with van der Waals surface area (Å²) in [6.07, 6.45) is 52.8. The van der Waals surface area contributed by atoms with Crippen molar-refractivity contribution in [3.8, 4) is 0 Å². The maximum atomic E-state index is 13.1. The predicted octanol–water partition coefficient (Wildman–Crippen LogP) is 22.8. The number of esters is 4. The van der Waals surface area contributed by atoms with Gasteiger partial charge in [-0.1, -0.05) is 344 Å². The van der Waals surface area contributed by atoms with Gasteiger partial charge in [-0.05, 0) is 49.4 Å². The SMILES string of the molecule is CC(C)CCCCCCCCCCCCCCCCCCC(=O)O[C@H](COC(=O)CCCCCCCCCCCCCCC(C)C)COP(=O)(O)OCC(O)COP(=O)(O)OC[C@@H](COC(=O)CCCCCCCCCC(C)C)OC(=O)CCCCCCCCCCCCC(C)C. The highest BCUT2D eigenvalue weighted by Crippen LogP contribution is 2.45. The van der Waals surface area contributed by atoms with E-state index >= 15 is 0 Å². The average Bonchev–Trinajstić information content (AvgIpc) is 1.16.